The van der Waals surface area contributed by atoms with Gasteiger partial charge in [-0.25, -0.2) is 9.37 Å². The van der Waals surface area contributed by atoms with Crippen molar-refractivity contribution in [2.45, 2.75) is 18.8 Å². The van der Waals surface area contributed by atoms with E-state index in [2.05, 4.69) is 28.8 Å². The van der Waals surface area contributed by atoms with Gasteiger partial charge in [-0.15, -0.1) is 11.6 Å². The Bertz CT molecular complexity index is 399. The fourth-order valence-electron chi connectivity index (χ4n) is 2.10. The predicted molar refractivity (Wildman–Crippen MR) is 68.1 cm³/mol. The Morgan fingerprint density at radius 2 is 2.29 bits per heavy atom. The molecule has 94 valence electrons. The van der Waals surface area contributed by atoms with Gasteiger partial charge in [0.05, 0.1) is 12.1 Å². The van der Waals surface area contributed by atoms with Crippen LogP contribution in [0, 0.1) is 5.82 Å². The van der Waals surface area contributed by atoms with Crippen LogP contribution in [0.2, 0.25) is 0 Å². The Morgan fingerprint density at radius 1 is 1.53 bits per heavy atom. The first kappa shape index (κ1) is 12.6. The topological polar surface area (TPSA) is 19.4 Å². The summed E-state index contributed by atoms with van der Waals surface area (Å²) in [5.41, 5.74) is 0.767. The third-order valence-electron chi connectivity index (χ3n) is 3.31. The minimum atomic E-state index is -0.327. The SMILES string of the molecule is CC1CN(c2ncc(F)cc2CCl)CCN1C. The van der Waals surface area contributed by atoms with Gasteiger partial charge in [0.15, 0.2) is 0 Å². The number of likely N-dealkylation sites (N-methyl/N-ethyl adjacent to an activating group) is 1. The molecule has 2 rings (SSSR count). The van der Waals surface area contributed by atoms with Gasteiger partial charge in [0.2, 0.25) is 0 Å². The maximum atomic E-state index is 13.1. The smallest absolute Gasteiger partial charge is 0.141 e. The highest BCUT2D eigenvalue weighted by Crippen LogP contribution is 2.22. The van der Waals surface area contributed by atoms with Crippen LogP contribution in [0.1, 0.15) is 12.5 Å². The number of rotatable bonds is 2. The standard InChI is InChI=1S/C12H17ClFN3/c1-9-8-17(4-3-16(9)2)12-10(6-13)5-11(14)7-15-12/h5,7,9H,3-4,6,8H2,1-2H3. The van der Waals surface area contributed by atoms with E-state index in [1.807, 2.05) is 0 Å². The average Bonchev–Trinajstić information content (AvgIpc) is 2.32. The quantitative estimate of drug-likeness (QED) is 0.757. The molecule has 0 radical (unpaired) electrons. The van der Waals surface area contributed by atoms with E-state index in [1.165, 1.54) is 12.3 Å². The van der Waals surface area contributed by atoms with Crippen LogP contribution in [0.25, 0.3) is 0 Å². The second-order valence-corrected chi connectivity index (χ2v) is 4.81. The first-order valence-corrected chi connectivity index (χ1v) is 6.31. The predicted octanol–water partition coefficient (Wildman–Crippen LogP) is 2.10. The summed E-state index contributed by atoms with van der Waals surface area (Å²) in [5, 5.41) is 0. The third-order valence-corrected chi connectivity index (χ3v) is 3.60. The number of hydrogen-bond acceptors (Lipinski definition) is 3. The lowest BCUT2D eigenvalue weighted by molar-refractivity contribution is 0.233. The maximum absolute atomic E-state index is 13.1. The van der Waals surface area contributed by atoms with Gasteiger partial charge in [0.1, 0.15) is 11.6 Å². The fraction of sp³-hybridized carbons (Fsp3) is 0.583. The second kappa shape index (κ2) is 5.19. The molecule has 2 heterocycles. The molecule has 0 N–H and O–H groups in total. The molecule has 0 spiro atoms. The zero-order chi connectivity index (χ0) is 12.4. The lowest BCUT2D eigenvalue weighted by atomic mass is 10.2. The van der Waals surface area contributed by atoms with Gasteiger partial charge in [0.25, 0.3) is 0 Å². The van der Waals surface area contributed by atoms with E-state index in [1.54, 1.807) is 0 Å². The number of aromatic nitrogens is 1. The molecule has 1 aromatic heterocycles. The van der Waals surface area contributed by atoms with Crippen LogP contribution in [-0.2, 0) is 5.88 Å². The van der Waals surface area contributed by atoms with Gasteiger partial charge in [0, 0.05) is 31.2 Å². The van der Waals surface area contributed by atoms with E-state index < -0.39 is 0 Å². The highest BCUT2D eigenvalue weighted by atomic mass is 35.5. The molecule has 0 saturated carbocycles. The summed E-state index contributed by atoms with van der Waals surface area (Å²) in [6.07, 6.45) is 1.26. The van der Waals surface area contributed by atoms with Gasteiger partial charge in [-0.3, -0.25) is 0 Å². The summed E-state index contributed by atoms with van der Waals surface area (Å²) in [7, 11) is 2.11. The van der Waals surface area contributed by atoms with Crippen LogP contribution in [-0.4, -0.2) is 42.6 Å². The molecule has 3 nitrogen and oxygen atoms in total. The molecule has 1 saturated heterocycles. The van der Waals surface area contributed by atoms with Crippen molar-refractivity contribution < 1.29 is 4.39 Å². The Balaban J connectivity index is 2.22. The molecule has 1 fully saturated rings. The zero-order valence-corrected chi connectivity index (χ0v) is 10.9. The summed E-state index contributed by atoms with van der Waals surface area (Å²) in [6, 6.07) is 1.94. The average molecular weight is 258 g/mol. The summed E-state index contributed by atoms with van der Waals surface area (Å²) in [5.74, 6) is 0.786. The molecular formula is C12H17ClFN3. The van der Waals surface area contributed by atoms with Gasteiger partial charge >= 0.3 is 0 Å². The van der Waals surface area contributed by atoms with Crippen molar-refractivity contribution in [1.29, 1.82) is 0 Å². The molecule has 17 heavy (non-hydrogen) atoms. The summed E-state index contributed by atoms with van der Waals surface area (Å²) >= 11 is 5.84. The molecule has 1 aliphatic rings. The van der Waals surface area contributed by atoms with Crippen LogP contribution >= 0.6 is 11.6 Å². The Labute approximate surface area is 106 Å². The maximum Gasteiger partial charge on any atom is 0.141 e. The van der Waals surface area contributed by atoms with E-state index in [0.717, 1.165) is 31.0 Å². The van der Waals surface area contributed by atoms with Crippen LogP contribution in [0.3, 0.4) is 0 Å². The zero-order valence-electron chi connectivity index (χ0n) is 10.2. The number of nitrogens with zero attached hydrogens (tertiary/aromatic N) is 3. The number of halogens is 2. The fourth-order valence-corrected chi connectivity index (χ4v) is 2.29. The number of alkyl halides is 1. The lowest BCUT2D eigenvalue weighted by Gasteiger charge is -2.38. The van der Waals surface area contributed by atoms with Crippen molar-refractivity contribution in [1.82, 2.24) is 9.88 Å². The molecule has 1 atom stereocenters. The molecule has 0 aliphatic carbocycles. The molecular weight excluding hydrogens is 241 g/mol. The normalized spacial score (nSPS) is 21.9. The summed E-state index contributed by atoms with van der Waals surface area (Å²) < 4.78 is 13.1. The van der Waals surface area contributed by atoms with Crippen LogP contribution in [0.4, 0.5) is 10.2 Å². The highest BCUT2D eigenvalue weighted by Gasteiger charge is 2.23. The number of hydrogen-bond donors (Lipinski definition) is 0. The Morgan fingerprint density at radius 3 is 2.94 bits per heavy atom. The molecule has 0 aromatic carbocycles. The molecule has 0 amide bonds. The van der Waals surface area contributed by atoms with Crippen molar-refractivity contribution in [3.05, 3.63) is 23.6 Å². The second-order valence-electron chi connectivity index (χ2n) is 4.55. The van der Waals surface area contributed by atoms with Crippen LogP contribution < -0.4 is 4.90 Å². The molecule has 5 heteroatoms. The van der Waals surface area contributed by atoms with E-state index >= 15 is 0 Å². The van der Waals surface area contributed by atoms with Gasteiger partial charge in [-0.2, -0.15) is 0 Å². The van der Waals surface area contributed by atoms with Gasteiger partial charge in [-0.1, -0.05) is 0 Å². The minimum Gasteiger partial charge on any atom is -0.354 e. The van der Waals surface area contributed by atoms with E-state index in [-0.39, 0.29) is 5.82 Å². The highest BCUT2D eigenvalue weighted by molar-refractivity contribution is 6.17. The van der Waals surface area contributed by atoms with Crippen molar-refractivity contribution in [2.24, 2.45) is 0 Å². The van der Waals surface area contributed by atoms with Crippen molar-refractivity contribution in [2.75, 3.05) is 31.6 Å². The van der Waals surface area contributed by atoms with Crippen LogP contribution in [0.15, 0.2) is 12.3 Å². The number of anilines is 1. The molecule has 1 aromatic rings. The van der Waals surface area contributed by atoms with E-state index in [0.29, 0.717) is 11.9 Å². The van der Waals surface area contributed by atoms with E-state index in [9.17, 15) is 4.39 Å². The summed E-state index contributed by atoms with van der Waals surface area (Å²) in [6.45, 7) is 4.97. The largest absolute Gasteiger partial charge is 0.354 e. The molecule has 1 aliphatic heterocycles. The van der Waals surface area contributed by atoms with Crippen molar-refractivity contribution >= 4 is 17.4 Å². The third kappa shape index (κ3) is 2.69. The lowest BCUT2D eigenvalue weighted by Crippen LogP contribution is -2.50. The summed E-state index contributed by atoms with van der Waals surface area (Å²) in [4.78, 5) is 8.67. The van der Waals surface area contributed by atoms with Crippen LogP contribution in [0.5, 0.6) is 0 Å². The first-order chi connectivity index (χ1) is 8.11. The monoisotopic (exact) mass is 257 g/mol. The number of piperazine rings is 1. The molecule has 0 bridgehead atoms. The Hall–Kier alpha value is -0.870. The van der Waals surface area contributed by atoms with Crippen molar-refractivity contribution in [3.63, 3.8) is 0 Å². The number of pyridine rings is 1. The first-order valence-electron chi connectivity index (χ1n) is 5.77. The van der Waals surface area contributed by atoms with Crippen molar-refractivity contribution in [3.8, 4) is 0 Å². The molecule has 1 unspecified atom stereocenters. The van der Waals surface area contributed by atoms with Gasteiger partial charge in [-0.05, 0) is 20.0 Å². The minimum absolute atomic E-state index is 0.292. The van der Waals surface area contributed by atoms with Gasteiger partial charge < -0.3 is 9.80 Å². The Kier molecular flexibility index (Phi) is 3.84. The van der Waals surface area contributed by atoms with E-state index in [4.69, 9.17) is 11.6 Å².